The van der Waals surface area contributed by atoms with E-state index in [1.165, 1.54) is 17.1 Å². The number of rotatable bonds is 7. The van der Waals surface area contributed by atoms with Gasteiger partial charge in [-0.1, -0.05) is 40.2 Å². The molecule has 0 radical (unpaired) electrons. The van der Waals surface area contributed by atoms with Gasteiger partial charge in [0, 0.05) is 4.47 Å². The van der Waals surface area contributed by atoms with Crippen molar-refractivity contribution >= 4 is 33.7 Å². The third-order valence-corrected chi connectivity index (χ3v) is 4.41. The second-order valence-electron chi connectivity index (χ2n) is 5.92. The van der Waals surface area contributed by atoms with Gasteiger partial charge in [-0.15, -0.1) is 0 Å². The van der Waals surface area contributed by atoms with Crippen LogP contribution >= 0.6 is 15.9 Å². The summed E-state index contributed by atoms with van der Waals surface area (Å²) in [7, 11) is 1.54. The lowest BCUT2D eigenvalue weighted by Crippen LogP contribution is -2.19. The number of nitro groups is 1. The van der Waals surface area contributed by atoms with Crippen molar-refractivity contribution in [1.82, 2.24) is 15.2 Å². The molecule has 0 aliphatic rings. The fraction of sp³-hybridized carbons (Fsp3) is 0.105. The normalized spacial score (nSPS) is 10.8. The van der Waals surface area contributed by atoms with Crippen molar-refractivity contribution in [2.75, 3.05) is 7.11 Å². The molecule has 0 bridgehead atoms. The molecule has 0 aliphatic heterocycles. The van der Waals surface area contributed by atoms with Crippen LogP contribution in [0.15, 0.2) is 64.3 Å². The van der Waals surface area contributed by atoms with Gasteiger partial charge in [0.15, 0.2) is 0 Å². The Labute approximate surface area is 174 Å². The standard InChI is InChI=1S/C19H16BrN5O4/c1-29-16-4-2-3-14(9-16)10-21-22-19(26)18-17(25(27)28)12-24(23-18)11-13-5-7-15(20)8-6-13/h2-10,12H,11H2,1H3,(H,22,26). The smallest absolute Gasteiger partial charge is 0.320 e. The van der Waals surface area contributed by atoms with Crippen LogP contribution in [0.5, 0.6) is 5.75 Å². The topological polar surface area (TPSA) is 112 Å². The highest BCUT2D eigenvalue weighted by atomic mass is 79.9. The molecular formula is C19H16BrN5O4. The van der Waals surface area contributed by atoms with E-state index in [2.05, 4.69) is 31.6 Å². The van der Waals surface area contributed by atoms with E-state index in [0.29, 0.717) is 11.3 Å². The molecule has 3 aromatic rings. The molecule has 2 aromatic carbocycles. The van der Waals surface area contributed by atoms with Crippen LogP contribution in [-0.4, -0.2) is 33.9 Å². The summed E-state index contributed by atoms with van der Waals surface area (Å²) < 4.78 is 7.38. The zero-order valence-corrected chi connectivity index (χ0v) is 16.9. The maximum absolute atomic E-state index is 12.4. The Kier molecular flexibility index (Phi) is 6.35. The van der Waals surface area contributed by atoms with Gasteiger partial charge in [-0.3, -0.25) is 19.6 Å². The Hall–Kier alpha value is -3.53. The minimum absolute atomic E-state index is 0.286. The molecule has 1 aromatic heterocycles. The van der Waals surface area contributed by atoms with Crippen LogP contribution in [0.3, 0.4) is 0 Å². The van der Waals surface area contributed by atoms with Crippen LogP contribution in [0.2, 0.25) is 0 Å². The number of carbonyl (C=O) groups is 1. The third kappa shape index (κ3) is 5.26. The second-order valence-corrected chi connectivity index (χ2v) is 6.84. The Morgan fingerprint density at radius 1 is 1.34 bits per heavy atom. The number of hydrazone groups is 1. The molecule has 1 N–H and O–H groups in total. The van der Waals surface area contributed by atoms with Crippen molar-refractivity contribution in [3.63, 3.8) is 0 Å². The molecule has 10 heteroatoms. The summed E-state index contributed by atoms with van der Waals surface area (Å²) in [6, 6.07) is 14.5. The van der Waals surface area contributed by atoms with Gasteiger partial charge >= 0.3 is 5.69 Å². The van der Waals surface area contributed by atoms with E-state index in [-0.39, 0.29) is 12.2 Å². The monoisotopic (exact) mass is 457 g/mol. The van der Waals surface area contributed by atoms with E-state index in [0.717, 1.165) is 10.0 Å². The van der Waals surface area contributed by atoms with Gasteiger partial charge in [0.25, 0.3) is 5.91 Å². The summed E-state index contributed by atoms with van der Waals surface area (Å²) in [6.07, 6.45) is 2.63. The number of methoxy groups -OCH3 is 1. The number of benzene rings is 2. The fourth-order valence-corrected chi connectivity index (χ4v) is 2.77. The van der Waals surface area contributed by atoms with Crippen LogP contribution in [0, 0.1) is 10.1 Å². The first-order valence-electron chi connectivity index (χ1n) is 8.40. The number of aromatic nitrogens is 2. The largest absolute Gasteiger partial charge is 0.497 e. The van der Waals surface area contributed by atoms with Gasteiger partial charge in [-0.25, -0.2) is 5.43 Å². The Morgan fingerprint density at radius 3 is 2.79 bits per heavy atom. The van der Waals surface area contributed by atoms with Gasteiger partial charge in [0.1, 0.15) is 11.9 Å². The lowest BCUT2D eigenvalue weighted by Gasteiger charge is -2.01. The van der Waals surface area contributed by atoms with E-state index in [9.17, 15) is 14.9 Å². The number of nitrogens with zero attached hydrogens (tertiary/aromatic N) is 4. The first-order chi connectivity index (χ1) is 14.0. The number of hydrogen-bond acceptors (Lipinski definition) is 6. The molecule has 3 rings (SSSR count). The number of nitrogens with one attached hydrogen (secondary N) is 1. The van der Waals surface area contributed by atoms with Crippen LogP contribution in [-0.2, 0) is 6.54 Å². The number of hydrogen-bond donors (Lipinski definition) is 1. The highest BCUT2D eigenvalue weighted by molar-refractivity contribution is 9.10. The average Bonchev–Trinajstić information content (AvgIpc) is 3.14. The SMILES string of the molecule is COc1cccc(C=NNC(=O)c2nn(Cc3ccc(Br)cc3)cc2[N+](=O)[O-])c1. The van der Waals surface area contributed by atoms with Crippen molar-refractivity contribution in [2.24, 2.45) is 5.10 Å². The van der Waals surface area contributed by atoms with Gasteiger partial charge in [0.2, 0.25) is 5.69 Å². The molecule has 0 saturated carbocycles. The summed E-state index contributed by atoms with van der Waals surface area (Å²) >= 11 is 3.35. The predicted octanol–water partition coefficient (Wildman–Crippen LogP) is 3.37. The molecule has 9 nitrogen and oxygen atoms in total. The number of amides is 1. The summed E-state index contributed by atoms with van der Waals surface area (Å²) in [5.74, 6) is -0.131. The minimum atomic E-state index is -0.773. The van der Waals surface area contributed by atoms with Crippen LogP contribution in [0.4, 0.5) is 5.69 Å². The van der Waals surface area contributed by atoms with E-state index in [4.69, 9.17) is 4.74 Å². The van der Waals surface area contributed by atoms with Crippen molar-refractivity contribution in [3.05, 3.63) is 86.1 Å². The van der Waals surface area contributed by atoms with E-state index in [1.54, 1.807) is 31.4 Å². The summed E-state index contributed by atoms with van der Waals surface area (Å²) in [6.45, 7) is 0.286. The Morgan fingerprint density at radius 2 is 2.10 bits per heavy atom. The molecule has 29 heavy (non-hydrogen) atoms. The molecule has 0 fully saturated rings. The first-order valence-corrected chi connectivity index (χ1v) is 9.19. The van der Waals surface area contributed by atoms with Crippen molar-refractivity contribution in [2.45, 2.75) is 6.54 Å². The molecular weight excluding hydrogens is 442 g/mol. The number of ether oxygens (including phenoxy) is 1. The van der Waals surface area contributed by atoms with E-state index in [1.807, 2.05) is 24.3 Å². The van der Waals surface area contributed by atoms with Crippen molar-refractivity contribution in [1.29, 1.82) is 0 Å². The lowest BCUT2D eigenvalue weighted by molar-refractivity contribution is -0.385. The number of halogens is 1. The summed E-state index contributed by atoms with van der Waals surface area (Å²) in [5, 5.41) is 19.2. The van der Waals surface area contributed by atoms with Gasteiger partial charge in [-0.05, 0) is 35.4 Å². The second kappa shape index (κ2) is 9.11. The molecule has 1 amide bonds. The predicted molar refractivity (Wildman–Crippen MR) is 110 cm³/mol. The van der Waals surface area contributed by atoms with Crippen molar-refractivity contribution in [3.8, 4) is 5.75 Å². The van der Waals surface area contributed by atoms with Crippen LogP contribution < -0.4 is 10.2 Å². The van der Waals surface area contributed by atoms with Crippen molar-refractivity contribution < 1.29 is 14.5 Å². The zero-order valence-electron chi connectivity index (χ0n) is 15.3. The maximum atomic E-state index is 12.4. The molecule has 0 spiro atoms. The fourth-order valence-electron chi connectivity index (χ4n) is 2.50. The van der Waals surface area contributed by atoms with Crippen LogP contribution in [0.1, 0.15) is 21.6 Å². The van der Waals surface area contributed by atoms with Crippen LogP contribution in [0.25, 0.3) is 0 Å². The lowest BCUT2D eigenvalue weighted by atomic mass is 10.2. The summed E-state index contributed by atoms with van der Waals surface area (Å²) in [4.78, 5) is 23.0. The van der Waals surface area contributed by atoms with E-state index < -0.39 is 16.5 Å². The zero-order chi connectivity index (χ0) is 20.8. The Bertz CT molecular complexity index is 1060. The average molecular weight is 458 g/mol. The minimum Gasteiger partial charge on any atom is -0.497 e. The Balaban J connectivity index is 1.74. The van der Waals surface area contributed by atoms with Gasteiger partial charge in [0.05, 0.1) is 24.8 Å². The molecule has 1 heterocycles. The molecule has 0 atom stereocenters. The first kappa shape index (κ1) is 20.2. The van der Waals surface area contributed by atoms with Gasteiger partial charge < -0.3 is 4.74 Å². The highest BCUT2D eigenvalue weighted by Crippen LogP contribution is 2.18. The molecule has 0 aliphatic carbocycles. The number of carbonyl (C=O) groups excluding carboxylic acids is 1. The maximum Gasteiger partial charge on any atom is 0.320 e. The molecule has 0 unspecified atom stereocenters. The quantitative estimate of drug-likeness (QED) is 0.332. The third-order valence-electron chi connectivity index (χ3n) is 3.89. The highest BCUT2D eigenvalue weighted by Gasteiger charge is 2.25. The molecule has 148 valence electrons. The summed E-state index contributed by atoms with van der Waals surface area (Å²) in [5.41, 5.74) is 3.14. The molecule has 0 saturated heterocycles. The van der Waals surface area contributed by atoms with Gasteiger partial charge in [-0.2, -0.15) is 10.2 Å². The van der Waals surface area contributed by atoms with E-state index >= 15 is 0 Å².